The molecule has 13 heavy (non-hydrogen) atoms. The third-order valence-electron chi connectivity index (χ3n) is 1.41. The minimum absolute atomic E-state index is 0.0804. The summed E-state index contributed by atoms with van der Waals surface area (Å²) in [5.74, 6) is 0. The lowest BCUT2D eigenvalue weighted by atomic mass is 10.3. The van der Waals surface area contributed by atoms with Gasteiger partial charge in [-0.1, -0.05) is 0 Å². The lowest BCUT2D eigenvalue weighted by Crippen LogP contribution is -2.04. The molecule has 0 bridgehead atoms. The minimum Gasteiger partial charge on any atom is -0.398 e. The van der Waals surface area contributed by atoms with Crippen molar-refractivity contribution >= 4 is 37.4 Å². The van der Waals surface area contributed by atoms with E-state index in [1.54, 1.807) is 0 Å². The van der Waals surface area contributed by atoms with Crippen molar-refractivity contribution in [3.8, 4) is 0 Å². The van der Waals surface area contributed by atoms with Crippen molar-refractivity contribution in [2.45, 2.75) is 4.90 Å². The number of nitrogen functional groups attached to an aromatic ring is 2. The molecule has 0 radical (unpaired) electrons. The van der Waals surface area contributed by atoms with Crippen LogP contribution in [0.15, 0.2) is 21.5 Å². The molecule has 0 atom stereocenters. The quantitative estimate of drug-likeness (QED) is 0.516. The van der Waals surface area contributed by atoms with Crippen LogP contribution in [-0.4, -0.2) is 13.0 Å². The van der Waals surface area contributed by atoms with Crippen molar-refractivity contribution in [2.24, 2.45) is 0 Å². The van der Waals surface area contributed by atoms with Crippen LogP contribution in [0.5, 0.6) is 0 Å². The van der Waals surface area contributed by atoms with Gasteiger partial charge >= 0.3 is 0 Å². The van der Waals surface area contributed by atoms with Gasteiger partial charge in [0.1, 0.15) is 4.90 Å². The van der Waals surface area contributed by atoms with Gasteiger partial charge in [0.2, 0.25) is 0 Å². The van der Waals surface area contributed by atoms with Crippen LogP contribution in [0.1, 0.15) is 0 Å². The summed E-state index contributed by atoms with van der Waals surface area (Å²) in [5, 5.41) is 0. The first kappa shape index (κ1) is 10.3. The summed E-state index contributed by atoms with van der Waals surface area (Å²) in [6.45, 7) is 0. The van der Waals surface area contributed by atoms with E-state index < -0.39 is 10.1 Å². The van der Waals surface area contributed by atoms with E-state index in [1.165, 1.54) is 6.07 Å². The fraction of sp³-hybridized carbons (Fsp3) is 0. The number of halogens is 1. The molecule has 0 aliphatic rings. The highest BCUT2D eigenvalue weighted by Crippen LogP contribution is 2.28. The molecule has 5 nitrogen and oxygen atoms in total. The zero-order chi connectivity index (χ0) is 10.2. The van der Waals surface area contributed by atoms with Gasteiger partial charge in [-0.25, -0.2) is 0 Å². The van der Waals surface area contributed by atoms with Crippen molar-refractivity contribution in [3.05, 3.63) is 16.6 Å². The summed E-state index contributed by atoms with van der Waals surface area (Å²) >= 11 is 3.02. The Bertz CT molecular complexity index is 443. The monoisotopic (exact) mass is 266 g/mol. The number of hydrogen-bond acceptors (Lipinski definition) is 4. The molecule has 0 aliphatic heterocycles. The lowest BCUT2D eigenvalue weighted by Gasteiger charge is -2.04. The summed E-state index contributed by atoms with van der Waals surface area (Å²) in [6.07, 6.45) is 0. The minimum atomic E-state index is -4.28. The molecule has 0 aromatic heterocycles. The molecule has 5 N–H and O–H groups in total. The lowest BCUT2D eigenvalue weighted by molar-refractivity contribution is 0.483. The molecule has 0 fully saturated rings. The van der Waals surface area contributed by atoms with Gasteiger partial charge in [-0.3, -0.25) is 4.55 Å². The molecule has 1 rings (SSSR count). The molecule has 0 heterocycles. The number of nitrogens with two attached hydrogens (primary N) is 2. The van der Waals surface area contributed by atoms with E-state index >= 15 is 0 Å². The maximum Gasteiger partial charge on any atom is 0.296 e. The van der Waals surface area contributed by atoms with Crippen LogP contribution in [0.2, 0.25) is 0 Å². The van der Waals surface area contributed by atoms with E-state index in [-0.39, 0.29) is 10.6 Å². The number of benzene rings is 1. The summed E-state index contributed by atoms with van der Waals surface area (Å²) in [6, 6.07) is 2.41. The van der Waals surface area contributed by atoms with Crippen molar-refractivity contribution in [2.75, 3.05) is 11.5 Å². The van der Waals surface area contributed by atoms with E-state index in [9.17, 15) is 8.42 Å². The highest BCUT2D eigenvalue weighted by Gasteiger charge is 2.15. The highest BCUT2D eigenvalue weighted by molar-refractivity contribution is 9.10. The third kappa shape index (κ3) is 2.11. The fourth-order valence-corrected chi connectivity index (χ4v) is 1.93. The van der Waals surface area contributed by atoms with Crippen LogP contribution in [0.4, 0.5) is 11.4 Å². The van der Waals surface area contributed by atoms with Crippen LogP contribution < -0.4 is 11.5 Å². The molecule has 0 spiro atoms. The summed E-state index contributed by atoms with van der Waals surface area (Å²) in [5.41, 5.74) is 11.0. The second-order valence-electron chi connectivity index (χ2n) is 2.39. The average molecular weight is 267 g/mol. The first-order chi connectivity index (χ1) is 5.82. The average Bonchev–Trinajstić information content (AvgIpc) is 1.94. The van der Waals surface area contributed by atoms with Gasteiger partial charge in [0.15, 0.2) is 0 Å². The number of anilines is 2. The van der Waals surface area contributed by atoms with Gasteiger partial charge in [0.05, 0.1) is 5.69 Å². The molecule has 72 valence electrons. The third-order valence-corrected chi connectivity index (χ3v) is 3.00. The van der Waals surface area contributed by atoms with E-state index in [0.717, 1.165) is 6.07 Å². The molecular formula is C6H7BrN2O3S. The normalized spacial score (nSPS) is 11.5. The summed E-state index contributed by atoms with van der Waals surface area (Å²) < 4.78 is 30.5. The first-order valence-corrected chi connectivity index (χ1v) is 5.37. The Morgan fingerprint density at radius 1 is 1.23 bits per heavy atom. The van der Waals surface area contributed by atoms with Gasteiger partial charge < -0.3 is 11.5 Å². The van der Waals surface area contributed by atoms with Gasteiger partial charge in [-0.15, -0.1) is 0 Å². The fourth-order valence-electron chi connectivity index (χ4n) is 0.813. The maximum atomic E-state index is 10.7. The molecule has 1 aromatic carbocycles. The molecule has 0 amide bonds. The molecule has 0 saturated heterocycles. The summed E-state index contributed by atoms with van der Waals surface area (Å²) in [4.78, 5) is -0.353. The molecular weight excluding hydrogens is 260 g/mol. The molecule has 0 saturated carbocycles. The smallest absolute Gasteiger partial charge is 0.296 e. The zero-order valence-electron chi connectivity index (χ0n) is 6.36. The predicted molar refractivity (Wildman–Crippen MR) is 52.8 cm³/mol. The van der Waals surface area contributed by atoms with Crippen LogP contribution >= 0.6 is 15.9 Å². The van der Waals surface area contributed by atoms with Crippen molar-refractivity contribution in [1.82, 2.24) is 0 Å². The molecule has 1 aromatic rings. The Balaban J connectivity index is 3.50. The van der Waals surface area contributed by atoms with Gasteiger partial charge in [-0.2, -0.15) is 8.42 Å². The molecule has 7 heteroatoms. The van der Waals surface area contributed by atoms with Crippen molar-refractivity contribution < 1.29 is 13.0 Å². The standard InChI is InChI=1S/C6H7BrN2O3S/c7-3-1-6(13(10,11)12)5(9)2-4(3)8/h1-2H,8-9H2,(H,10,11,12). The SMILES string of the molecule is Nc1cc(N)c(S(=O)(=O)O)cc1Br. The van der Waals surface area contributed by atoms with E-state index in [2.05, 4.69) is 15.9 Å². The Hall–Kier alpha value is -0.790. The second-order valence-corrected chi connectivity index (χ2v) is 4.63. The van der Waals surface area contributed by atoms with E-state index in [4.69, 9.17) is 16.0 Å². The molecule has 0 unspecified atom stereocenters. The van der Waals surface area contributed by atoms with Gasteiger partial charge in [-0.05, 0) is 28.1 Å². The predicted octanol–water partition coefficient (Wildman–Crippen LogP) is 0.860. The Labute approximate surface area is 83.6 Å². The zero-order valence-corrected chi connectivity index (χ0v) is 8.76. The van der Waals surface area contributed by atoms with Crippen LogP contribution in [-0.2, 0) is 10.1 Å². The van der Waals surface area contributed by atoms with Crippen LogP contribution in [0.25, 0.3) is 0 Å². The Morgan fingerprint density at radius 2 is 1.77 bits per heavy atom. The Kier molecular flexibility index (Phi) is 2.51. The van der Waals surface area contributed by atoms with Gasteiger partial charge in [0, 0.05) is 10.2 Å². The first-order valence-electron chi connectivity index (χ1n) is 3.14. The summed E-state index contributed by atoms with van der Waals surface area (Å²) in [7, 11) is -4.28. The number of hydrogen-bond donors (Lipinski definition) is 3. The maximum absolute atomic E-state index is 10.7. The van der Waals surface area contributed by atoms with E-state index in [1.807, 2.05) is 0 Å². The van der Waals surface area contributed by atoms with Gasteiger partial charge in [0.25, 0.3) is 10.1 Å². The van der Waals surface area contributed by atoms with Crippen LogP contribution in [0, 0.1) is 0 Å². The highest BCUT2D eigenvalue weighted by atomic mass is 79.9. The van der Waals surface area contributed by atoms with Crippen LogP contribution in [0.3, 0.4) is 0 Å². The van der Waals surface area contributed by atoms with Crippen molar-refractivity contribution in [3.63, 3.8) is 0 Å². The number of rotatable bonds is 1. The molecule has 0 aliphatic carbocycles. The largest absolute Gasteiger partial charge is 0.398 e. The van der Waals surface area contributed by atoms with Crippen molar-refractivity contribution in [1.29, 1.82) is 0 Å². The Morgan fingerprint density at radius 3 is 2.23 bits per heavy atom. The van der Waals surface area contributed by atoms with E-state index in [0.29, 0.717) is 10.2 Å². The second kappa shape index (κ2) is 3.17. The topological polar surface area (TPSA) is 106 Å².